The van der Waals surface area contributed by atoms with Gasteiger partial charge in [0.05, 0.1) is 6.61 Å². The molecule has 1 unspecified atom stereocenters. The van der Waals surface area contributed by atoms with Gasteiger partial charge in [0.1, 0.15) is 0 Å². The van der Waals surface area contributed by atoms with Gasteiger partial charge < -0.3 is 10.5 Å². The van der Waals surface area contributed by atoms with Crippen LogP contribution in [0.4, 0.5) is 0 Å². The molecule has 1 aliphatic heterocycles. The molecule has 0 aromatic rings. The van der Waals surface area contributed by atoms with Crippen molar-refractivity contribution in [2.75, 3.05) is 32.8 Å². The molecular formula is C10H22N2O. The third-order valence-electron chi connectivity index (χ3n) is 2.47. The molecule has 1 heterocycles. The van der Waals surface area contributed by atoms with Gasteiger partial charge in [-0.3, -0.25) is 4.90 Å². The normalized spacial score (nSPS) is 22.6. The fraction of sp³-hybridized carbons (Fsp3) is 1.00. The standard InChI is InChI=1S/C10H22N2O/c1-2-4-10(11)9-12-5-3-7-13-8-6-12/h10H,2-9,11H2,1H3. The van der Waals surface area contributed by atoms with Gasteiger partial charge in [0.15, 0.2) is 0 Å². The van der Waals surface area contributed by atoms with Gasteiger partial charge in [0, 0.05) is 32.3 Å². The monoisotopic (exact) mass is 186 g/mol. The van der Waals surface area contributed by atoms with E-state index in [0.29, 0.717) is 6.04 Å². The summed E-state index contributed by atoms with van der Waals surface area (Å²) in [4.78, 5) is 2.42. The molecule has 0 aliphatic carbocycles. The van der Waals surface area contributed by atoms with E-state index in [9.17, 15) is 0 Å². The summed E-state index contributed by atoms with van der Waals surface area (Å²) < 4.78 is 5.38. The van der Waals surface area contributed by atoms with E-state index in [1.54, 1.807) is 0 Å². The number of ether oxygens (including phenoxy) is 1. The Morgan fingerprint density at radius 2 is 2.23 bits per heavy atom. The summed E-state index contributed by atoms with van der Waals surface area (Å²) in [5.41, 5.74) is 5.98. The van der Waals surface area contributed by atoms with Crippen LogP contribution in [0.25, 0.3) is 0 Å². The van der Waals surface area contributed by atoms with Gasteiger partial charge in [-0.05, 0) is 12.8 Å². The Balaban J connectivity index is 2.17. The summed E-state index contributed by atoms with van der Waals surface area (Å²) in [7, 11) is 0. The zero-order valence-electron chi connectivity index (χ0n) is 8.67. The van der Waals surface area contributed by atoms with E-state index in [-0.39, 0.29) is 0 Å². The van der Waals surface area contributed by atoms with Gasteiger partial charge in [0.25, 0.3) is 0 Å². The molecule has 0 saturated carbocycles. The molecule has 0 aromatic carbocycles. The third-order valence-corrected chi connectivity index (χ3v) is 2.47. The lowest BCUT2D eigenvalue weighted by atomic mass is 10.1. The Bertz CT molecular complexity index is 122. The van der Waals surface area contributed by atoms with E-state index in [0.717, 1.165) is 45.7 Å². The summed E-state index contributed by atoms with van der Waals surface area (Å²) in [5, 5.41) is 0. The van der Waals surface area contributed by atoms with E-state index in [4.69, 9.17) is 10.5 Å². The largest absolute Gasteiger partial charge is 0.380 e. The average Bonchev–Trinajstić information content (AvgIpc) is 2.33. The number of hydrogen-bond acceptors (Lipinski definition) is 3. The lowest BCUT2D eigenvalue weighted by Gasteiger charge is -2.22. The quantitative estimate of drug-likeness (QED) is 0.707. The van der Waals surface area contributed by atoms with Gasteiger partial charge in [-0.1, -0.05) is 13.3 Å². The lowest BCUT2D eigenvalue weighted by molar-refractivity contribution is 0.140. The first kappa shape index (κ1) is 11.0. The van der Waals surface area contributed by atoms with Crippen LogP contribution in [-0.4, -0.2) is 43.8 Å². The SMILES string of the molecule is CCCC(N)CN1CCCOCC1. The second-order valence-corrected chi connectivity index (χ2v) is 3.82. The first-order valence-electron chi connectivity index (χ1n) is 5.38. The number of nitrogens with two attached hydrogens (primary N) is 1. The topological polar surface area (TPSA) is 38.5 Å². The molecule has 0 radical (unpaired) electrons. The van der Waals surface area contributed by atoms with Gasteiger partial charge in [-0.15, -0.1) is 0 Å². The van der Waals surface area contributed by atoms with Crippen molar-refractivity contribution in [1.82, 2.24) is 4.90 Å². The molecule has 0 spiro atoms. The highest BCUT2D eigenvalue weighted by Gasteiger charge is 2.11. The Kier molecular flexibility index (Phi) is 5.35. The van der Waals surface area contributed by atoms with Crippen LogP contribution in [0.3, 0.4) is 0 Å². The fourth-order valence-electron chi connectivity index (χ4n) is 1.77. The minimum absolute atomic E-state index is 0.350. The molecule has 3 nitrogen and oxygen atoms in total. The van der Waals surface area contributed by atoms with Crippen LogP contribution in [0.5, 0.6) is 0 Å². The van der Waals surface area contributed by atoms with E-state index < -0.39 is 0 Å². The van der Waals surface area contributed by atoms with Gasteiger partial charge in [-0.25, -0.2) is 0 Å². The summed E-state index contributed by atoms with van der Waals surface area (Å²) in [6.07, 6.45) is 3.47. The average molecular weight is 186 g/mol. The van der Waals surface area contributed by atoms with E-state index in [1.807, 2.05) is 0 Å². The highest BCUT2D eigenvalue weighted by Crippen LogP contribution is 2.02. The molecule has 3 heteroatoms. The van der Waals surface area contributed by atoms with Crippen molar-refractivity contribution in [2.24, 2.45) is 5.73 Å². The van der Waals surface area contributed by atoms with Crippen LogP contribution in [0.1, 0.15) is 26.2 Å². The number of nitrogens with zero attached hydrogens (tertiary/aromatic N) is 1. The fourth-order valence-corrected chi connectivity index (χ4v) is 1.77. The Labute approximate surface area is 81.2 Å². The van der Waals surface area contributed by atoms with Crippen LogP contribution in [0.15, 0.2) is 0 Å². The zero-order chi connectivity index (χ0) is 9.52. The van der Waals surface area contributed by atoms with Crippen molar-refractivity contribution in [3.8, 4) is 0 Å². The summed E-state index contributed by atoms with van der Waals surface area (Å²) in [6, 6.07) is 0.350. The molecule has 2 N–H and O–H groups in total. The molecule has 0 amide bonds. The smallest absolute Gasteiger partial charge is 0.0593 e. The van der Waals surface area contributed by atoms with Crippen molar-refractivity contribution in [3.05, 3.63) is 0 Å². The van der Waals surface area contributed by atoms with Gasteiger partial charge >= 0.3 is 0 Å². The number of rotatable bonds is 4. The first-order chi connectivity index (χ1) is 6.33. The maximum atomic E-state index is 5.98. The Hall–Kier alpha value is -0.120. The minimum Gasteiger partial charge on any atom is -0.380 e. The molecule has 1 aliphatic rings. The second kappa shape index (κ2) is 6.35. The summed E-state index contributed by atoms with van der Waals surface area (Å²) >= 11 is 0. The molecule has 0 aromatic heterocycles. The van der Waals surface area contributed by atoms with Crippen molar-refractivity contribution < 1.29 is 4.74 Å². The molecule has 78 valence electrons. The van der Waals surface area contributed by atoms with E-state index in [2.05, 4.69) is 11.8 Å². The summed E-state index contributed by atoms with van der Waals surface area (Å²) in [6.45, 7) is 7.22. The summed E-state index contributed by atoms with van der Waals surface area (Å²) in [5.74, 6) is 0. The molecular weight excluding hydrogens is 164 g/mol. The zero-order valence-corrected chi connectivity index (χ0v) is 8.67. The van der Waals surface area contributed by atoms with Crippen molar-refractivity contribution >= 4 is 0 Å². The van der Waals surface area contributed by atoms with Gasteiger partial charge in [-0.2, -0.15) is 0 Å². The van der Waals surface area contributed by atoms with Crippen molar-refractivity contribution in [2.45, 2.75) is 32.2 Å². The maximum Gasteiger partial charge on any atom is 0.0593 e. The predicted octanol–water partition coefficient (Wildman–Crippen LogP) is 0.836. The van der Waals surface area contributed by atoms with Crippen molar-refractivity contribution in [3.63, 3.8) is 0 Å². The van der Waals surface area contributed by atoms with Crippen LogP contribution in [0.2, 0.25) is 0 Å². The van der Waals surface area contributed by atoms with E-state index >= 15 is 0 Å². The molecule has 1 rings (SSSR count). The molecule has 13 heavy (non-hydrogen) atoms. The highest BCUT2D eigenvalue weighted by molar-refractivity contribution is 4.69. The molecule has 1 atom stereocenters. The van der Waals surface area contributed by atoms with Crippen LogP contribution in [-0.2, 0) is 4.74 Å². The van der Waals surface area contributed by atoms with E-state index in [1.165, 1.54) is 6.42 Å². The second-order valence-electron chi connectivity index (χ2n) is 3.82. The van der Waals surface area contributed by atoms with Crippen molar-refractivity contribution in [1.29, 1.82) is 0 Å². The Morgan fingerprint density at radius 1 is 1.38 bits per heavy atom. The van der Waals surface area contributed by atoms with Crippen LogP contribution in [0, 0.1) is 0 Å². The van der Waals surface area contributed by atoms with Crippen LogP contribution < -0.4 is 5.73 Å². The molecule has 0 bridgehead atoms. The predicted molar refractivity (Wildman–Crippen MR) is 54.8 cm³/mol. The maximum absolute atomic E-state index is 5.98. The Morgan fingerprint density at radius 3 is 3.00 bits per heavy atom. The minimum atomic E-state index is 0.350. The highest BCUT2D eigenvalue weighted by atomic mass is 16.5. The third kappa shape index (κ3) is 4.60. The van der Waals surface area contributed by atoms with Gasteiger partial charge in [0.2, 0.25) is 0 Å². The first-order valence-corrected chi connectivity index (χ1v) is 5.38. The molecule has 1 fully saturated rings. The van der Waals surface area contributed by atoms with Crippen LogP contribution >= 0.6 is 0 Å². The lowest BCUT2D eigenvalue weighted by Crippen LogP contribution is -2.38. The number of hydrogen-bond donors (Lipinski definition) is 1. The molecule has 1 saturated heterocycles.